The molecule has 25 heavy (non-hydrogen) atoms. The fraction of sp³-hybridized carbons (Fsp3) is 0.381. The van der Waals surface area contributed by atoms with Crippen molar-refractivity contribution in [3.63, 3.8) is 0 Å². The van der Waals surface area contributed by atoms with Crippen LogP contribution in [-0.2, 0) is 17.8 Å². The molecule has 1 aliphatic rings. The number of benzene rings is 2. The number of amides is 1. The van der Waals surface area contributed by atoms with Crippen molar-refractivity contribution in [3.05, 3.63) is 70.7 Å². The molecule has 4 heteroatoms. The summed E-state index contributed by atoms with van der Waals surface area (Å²) in [7, 11) is 0. The molecule has 0 unspecified atom stereocenters. The van der Waals surface area contributed by atoms with Crippen LogP contribution in [0.25, 0.3) is 0 Å². The Hall–Kier alpha value is -1.84. The van der Waals surface area contributed by atoms with Gasteiger partial charge in [-0.3, -0.25) is 9.69 Å². The molecule has 1 N–H and O–H groups in total. The van der Waals surface area contributed by atoms with E-state index in [1.165, 1.54) is 11.1 Å². The average Bonchev–Trinajstić information content (AvgIpc) is 2.65. The molecule has 3 nitrogen and oxygen atoms in total. The standard InChI is InChI=1S/C21H25ClN2O/c22-20-10-8-18(9-11-20)15-24-14-4-7-19(16-24)21(25)23-13-12-17-5-2-1-3-6-17/h1-3,5-6,8-11,19H,4,7,12-16H2,(H,23,25)/t19-/m0/s1. The second kappa shape index (κ2) is 9.02. The highest BCUT2D eigenvalue weighted by atomic mass is 35.5. The Kier molecular flexibility index (Phi) is 6.48. The van der Waals surface area contributed by atoms with E-state index in [1.54, 1.807) is 0 Å². The number of hydrogen-bond donors (Lipinski definition) is 1. The van der Waals surface area contributed by atoms with Crippen LogP contribution in [0.4, 0.5) is 0 Å². The number of rotatable bonds is 6. The van der Waals surface area contributed by atoms with Crippen molar-refractivity contribution in [1.29, 1.82) is 0 Å². The second-order valence-corrected chi connectivity index (χ2v) is 7.16. The maximum Gasteiger partial charge on any atom is 0.224 e. The van der Waals surface area contributed by atoms with Crippen LogP contribution in [0.15, 0.2) is 54.6 Å². The lowest BCUT2D eigenvalue weighted by molar-refractivity contribution is -0.126. The van der Waals surface area contributed by atoms with Gasteiger partial charge in [0.2, 0.25) is 5.91 Å². The van der Waals surface area contributed by atoms with Crippen molar-refractivity contribution in [1.82, 2.24) is 10.2 Å². The normalized spacial score (nSPS) is 18.0. The fourth-order valence-electron chi connectivity index (χ4n) is 3.38. The van der Waals surface area contributed by atoms with Gasteiger partial charge in [-0.05, 0) is 49.1 Å². The summed E-state index contributed by atoms with van der Waals surface area (Å²) in [5.74, 6) is 0.286. The molecule has 0 aliphatic carbocycles. The van der Waals surface area contributed by atoms with Crippen molar-refractivity contribution in [3.8, 4) is 0 Å². The summed E-state index contributed by atoms with van der Waals surface area (Å²) in [5, 5.41) is 3.87. The Morgan fingerprint density at radius 1 is 1.08 bits per heavy atom. The number of nitrogens with one attached hydrogen (secondary N) is 1. The lowest BCUT2D eigenvalue weighted by Crippen LogP contribution is -2.43. The quantitative estimate of drug-likeness (QED) is 0.851. The van der Waals surface area contributed by atoms with E-state index < -0.39 is 0 Å². The molecule has 1 heterocycles. The summed E-state index contributed by atoms with van der Waals surface area (Å²) in [6.07, 6.45) is 2.94. The van der Waals surface area contributed by atoms with Gasteiger partial charge in [-0.1, -0.05) is 54.1 Å². The van der Waals surface area contributed by atoms with Gasteiger partial charge < -0.3 is 5.32 Å². The molecule has 0 spiro atoms. The van der Waals surface area contributed by atoms with Gasteiger partial charge in [-0.25, -0.2) is 0 Å². The monoisotopic (exact) mass is 356 g/mol. The van der Waals surface area contributed by atoms with E-state index in [2.05, 4.69) is 34.5 Å². The van der Waals surface area contributed by atoms with Gasteiger partial charge in [0.05, 0.1) is 5.92 Å². The molecule has 1 fully saturated rings. The van der Waals surface area contributed by atoms with Crippen LogP contribution < -0.4 is 5.32 Å². The lowest BCUT2D eigenvalue weighted by atomic mass is 9.96. The van der Waals surface area contributed by atoms with E-state index in [4.69, 9.17) is 11.6 Å². The van der Waals surface area contributed by atoms with Gasteiger partial charge >= 0.3 is 0 Å². The van der Waals surface area contributed by atoms with Crippen LogP contribution in [0.5, 0.6) is 0 Å². The van der Waals surface area contributed by atoms with Crippen molar-refractivity contribution in [2.45, 2.75) is 25.8 Å². The third-order valence-electron chi connectivity index (χ3n) is 4.75. The minimum absolute atomic E-state index is 0.0943. The first-order chi connectivity index (χ1) is 12.2. The SMILES string of the molecule is O=C(NCCc1ccccc1)[C@H]1CCCN(Cc2ccc(Cl)cc2)C1. The molecule has 1 atom stereocenters. The van der Waals surface area contributed by atoms with Crippen LogP contribution in [0.1, 0.15) is 24.0 Å². The zero-order valence-electron chi connectivity index (χ0n) is 14.5. The van der Waals surface area contributed by atoms with Gasteiger partial charge in [-0.2, -0.15) is 0 Å². The number of carbonyl (C=O) groups excluding carboxylic acids is 1. The first-order valence-electron chi connectivity index (χ1n) is 8.99. The maximum atomic E-state index is 12.5. The number of likely N-dealkylation sites (tertiary alicyclic amines) is 1. The van der Waals surface area contributed by atoms with Gasteiger partial charge in [0.25, 0.3) is 0 Å². The van der Waals surface area contributed by atoms with Crippen LogP contribution in [-0.4, -0.2) is 30.4 Å². The van der Waals surface area contributed by atoms with Gasteiger partial charge in [0.1, 0.15) is 0 Å². The highest BCUT2D eigenvalue weighted by molar-refractivity contribution is 6.30. The summed E-state index contributed by atoms with van der Waals surface area (Å²) in [6, 6.07) is 18.3. The molecular weight excluding hydrogens is 332 g/mol. The highest BCUT2D eigenvalue weighted by Crippen LogP contribution is 2.19. The highest BCUT2D eigenvalue weighted by Gasteiger charge is 2.25. The number of halogens is 1. The molecule has 1 amide bonds. The summed E-state index contributed by atoms with van der Waals surface area (Å²) in [4.78, 5) is 14.8. The number of nitrogens with zero attached hydrogens (tertiary/aromatic N) is 1. The Morgan fingerprint density at radius 3 is 2.60 bits per heavy atom. The van der Waals surface area contributed by atoms with Crippen LogP contribution in [0.3, 0.4) is 0 Å². The van der Waals surface area contributed by atoms with E-state index in [0.29, 0.717) is 6.54 Å². The van der Waals surface area contributed by atoms with E-state index >= 15 is 0 Å². The average molecular weight is 357 g/mol. The molecule has 132 valence electrons. The van der Waals surface area contributed by atoms with Crippen LogP contribution in [0, 0.1) is 5.92 Å². The maximum absolute atomic E-state index is 12.5. The smallest absolute Gasteiger partial charge is 0.224 e. The molecule has 0 radical (unpaired) electrons. The molecular formula is C21H25ClN2O. The Morgan fingerprint density at radius 2 is 1.84 bits per heavy atom. The number of hydrogen-bond acceptors (Lipinski definition) is 2. The molecule has 1 aliphatic heterocycles. The molecule has 2 aromatic carbocycles. The van der Waals surface area contributed by atoms with E-state index in [9.17, 15) is 4.79 Å². The Bertz CT molecular complexity index is 672. The van der Waals surface area contributed by atoms with Gasteiger partial charge in [0.15, 0.2) is 0 Å². The Labute approximate surface area is 155 Å². The topological polar surface area (TPSA) is 32.3 Å². The molecule has 3 rings (SSSR count). The molecule has 0 saturated carbocycles. The minimum Gasteiger partial charge on any atom is -0.355 e. The minimum atomic E-state index is 0.0943. The zero-order chi connectivity index (χ0) is 17.5. The third-order valence-corrected chi connectivity index (χ3v) is 5.00. The summed E-state index contributed by atoms with van der Waals surface area (Å²) < 4.78 is 0. The lowest BCUT2D eigenvalue weighted by Gasteiger charge is -2.32. The predicted molar refractivity (Wildman–Crippen MR) is 103 cm³/mol. The molecule has 0 bridgehead atoms. The molecule has 2 aromatic rings. The second-order valence-electron chi connectivity index (χ2n) is 6.73. The van der Waals surface area contributed by atoms with E-state index in [-0.39, 0.29) is 11.8 Å². The van der Waals surface area contributed by atoms with E-state index in [0.717, 1.165) is 43.9 Å². The number of piperidine rings is 1. The van der Waals surface area contributed by atoms with Gasteiger partial charge in [0, 0.05) is 24.7 Å². The van der Waals surface area contributed by atoms with Crippen LogP contribution in [0.2, 0.25) is 5.02 Å². The first-order valence-corrected chi connectivity index (χ1v) is 9.37. The first kappa shape index (κ1) is 18.0. The van der Waals surface area contributed by atoms with Crippen LogP contribution >= 0.6 is 11.6 Å². The van der Waals surface area contributed by atoms with Crippen molar-refractivity contribution in [2.75, 3.05) is 19.6 Å². The predicted octanol–water partition coefficient (Wildman–Crippen LogP) is 3.91. The Balaban J connectivity index is 1.45. The largest absolute Gasteiger partial charge is 0.355 e. The summed E-state index contributed by atoms with van der Waals surface area (Å²) in [5.41, 5.74) is 2.50. The third kappa shape index (κ3) is 5.58. The van der Waals surface area contributed by atoms with Gasteiger partial charge in [-0.15, -0.1) is 0 Å². The van der Waals surface area contributed by atoms with Crippen molar-refractivity contribution < 1.29 is 4.79 Å². The molecule has 1 saturated heterocycles. The van der Waals surface area contributed by atoms with Crippen molar-refractivity contribution >= 4 is 17.5 Å². The number of carbonyl (C=O) groups is 1. The fourth-order valence-corrected chi connectivity index (χ4v) is 3.51. The van der Waals surface area contributed by atoms with E-state index in [1.807, 2.05) is 30.3 Å². The van der Waals surface area contributed by atoms with Crippen molar-refractivity contribution in [2.24, 2.45) is 5.92 Å². The summed E-state index contributed by atoms with van der Waals surface area (Å²) >= 11 is 5.95. The molecule has 0 aromatic heterocycles. The zero-order valence-corrected chi connectivity index (χ0v) is 15.2. The summed E-state index contributed by atoms with van der Waals surface area (Å²) in [6.45, 7) is 3.47.